The number of rotatable bonds is 5. The minimum absolute atomic E-state index is 0.119. The molecule has 0 aliphatic carbocycles. The highest BCUT2D eigenvalue weighted by Crippen LogP contribution is 2.48. The van der Waals surface area contributed by atoms with Gasteiger partial charge in [-0.15, -0.1) is 0 Å². The second-order valence-corrected chi connectivity index (χ2v) is 7.20. The largest absolute Gasteiger partial charge is 0.467 e. The zero-order chi connectivity index (χ0) is 18.4. The second-order valence-electron chi connectivity index (χ2n) is 5.32. The molecule has 0 aliphatic heterocycles. The molecule has 0 heterocycles. The number of carbonyl (C=O) groups excluding carboxylic acids is 2. The van der Waals surface area contributed by atoms with Crippen molar-refractivity contribution < 1.29 is 23.2 Å². The molecule has 3 rings (SSSR count). The van der Waals surface area contributed by atoms with Crippen LogP contribution in [-0.2, 0) is 13.6 Å². The molecule has 130 valence electrons. The highest BCUT2D eigenvalue weighted by Gasteiger charge is 2.36. The SMILES string of the molecule is O=C(OP(=O)(OC(=O)c1ccccc1)c1ccccc1)c1ccccc1. The number of hydrogen-bond donors (Lipinski definition) is 0. The van der Waals surface area contributed by atoms with Gasteiger partial charge >= 0.3 is 19.5 Å². The van der Waals surface area contributed by atoms with Gasteiger partial charge in [-0.3, -0.25) is 0 Å². The van der Waals surface area contributed by atoms with E-state index in [1.165, 1.54) is 36.4 Å². The molecule has 0 unspecified atom stereocenters. The molecule has 26 heavy (non-hydrogen) atoms. The molecule has 0 spiro atoms. The lowest BCUT2D eigenvalue weighted by Crippen LogP contribution is -2.17. The maximum atomic E-state index is 13.3. The summed E-state index contributed by atoms with van der Waals surface area (Å²) >= 11 is 0. The first kappa shape index (κ1) is 17.6. The highest BCUT2D eigenvalue weighted by atomic mass is 31.2. The van der Waals surface area contributed by atoms with E-state index in [9.17, 15) is 14.2 Å². The molecular weight excluding hydrogens is 351 g/mol. The van der Waals surface area contributed by atoms with E-state index in [-0.39, 0.29) is 16.4 Å². The standard InChI is InChI=1S/C20H15O5P/c21-19(16-10-4-1-5-11-16)24-26(23,18-14-8-3-9-15-18)25-20(22)17-12-6-2-7-13-17/h1-15H. The molecule has 0 bridgehead atoms. The van der Waals surface area contributed by atoms with E-state index >= 15 is 0 Å². The van der Waals surface area contributed by atoms with Gasteiger partial charge in [0.15, 0.2) is 0 Å². The lowest BCUT2D eigenvalue weighted by Gasteiger charge is -2.18. The Morgan fingerprint density at radius 2 is 0.923 bits per heavy atom. The van der Waals surface area contributed by atoms with Crippen LogP contribution < -0.4 is 5.30 Å². The van der Waals surface area contributed by atoms with Crippen molar-refractivity contribution in [3.05, 3.63) is 102 Å². The zero-order valence-electron chi connectivity index (χ0n) is 13.6. The van der Waals surface area contributed by atoms with E-state index in [0.717, 1.165) is 0 Å². The fraction of sp³-hybridized carbons (Fsp3) is 0. The third kappa shape index (κ3) is 4.08. The first-order valence-corrected chi connectivity index (χ1v) is 9.36. The van der Waals surface area contributed by atoms with Crippen LogP contribution in [0.5, 0.6) is 0 Å². The van der Waals surface area contributed by atoms with Crippen LogP contribution in [0.15, 0.2) is 91.0 Å². The van der Waals surface area contributed by atoms with Crippen LogP contribution in [0.4, 0.5) is 0 Å². The Morgan fingerprint density at radius 3 is 1.31 bits per heavy atom. The predicted octanol–water partition coefficient (Wildman–Crippen LogP) is 4.22. The van der Waals surface area contributed by atoms with Crippen LogP contribution in [0.2, 0.25) is 0 Å². The molecule has 6 heteroatoms. The smallest absolute Gasteiger partial charge is 0.376 e. The Bertz CT molecular complexity index is 882. The van der Waals surface area contributed by atoms with E-state index in [2.05, 4.69) is 0 Å². The van der Waals surface area contributed by atoms with Crippen LogP contribution in [0.25, 0.3) is 0 Å². The maximum Gasteiger partial charge on any atom is 0.467 e. The van der Waals surface area contributed by atoms with E-state index in [0.29, 0.717) is 0 Å². The van der Waals surface area contributed by atoms with Gasteiger partial charge in [0.05, 0.1) is 16.4 Å². The number of benzene rings is 3. The molecule has 0 atom stereocenters. The topological polar surface area (TPSA) is 69.7 Å². The molecule has 3 aromatic rings. The van der Waals surface area contributed by atoms with Crippen molar-refractivity contribution in [2.24, 2.45) is 0 Å². The first-order chi connectivity index (χ1) is 12.6. The van der Waals surface area contributed by atoms with Crippen molar-refractivity contribution in [1.29, 1.82) is 0 Å². The summed E-state index contributed by atoms with van der Waals surface area (Å²) in [4.78, 5) is 24.7. The molecule has 0 radical (unpaired) electrons. The first-order valence-electron chi connectivity index (χ1n) is 7.82. The van der Waals surface area contributed by atoms with Crippen LogP contribution >= 0.6 is 7.60 Å². The summed E-state index contributed by atoms with van der Waals surface area (Å²) in [5.41, 5.74) is 0.416. The summed E-state index contributed by atoms with van der Waals surface area (Å²) in [6, 6.07) is 24.1. The van der Waals surface area contributed by atoms with Gasteiger partial charge in [0.2, 0.25) is 0 Å². The van der Waals surface area contributed by atoms with Gasteiger partial charge in [-0.25, -0.2) is 14.2 Å². The summed E-state index contributed by atoms with van der Waals surface area (Å²) in [6.45, 7) is 0. The maximum absolute atomic E-state index is 13.3. The summed E-state index contributed by atoms with van der Waals surface area (Å²) in [7, 11) is -4.21. The summed E-state index contributed by atoms with van der Waals surface area (Å²) in [6.07, 6.45) is 0. The zero-order valence-corrected chi connectivity index (χ0v) is 14.5. The lowest BCUT2D eigenvalue weighted by molar-refractivity contribution is 0.0639. The minimum Gasteiger partial charge on any atom is -0.376 e. The predicted molar refractivity (Wildman–Crippen MR) is 97.4 cm³/mol. The Balaban J connectivity index is 1.91. The fourth-order valence-corrected chi connectivity index (χ4v) is 3.64. The van der Waals surface area contributed by atoms with E-state index in [4.69, 9.17) is 9.05 Å². The van der Waals surface area contributed by atoms with Crippen LogP contribution in [0, 0.1) is 0 Å². The van der Waals surface area contributed by atoms with Crippen molar-refractivity contribution in [3.63, 3.8) is 0 Å². The van der Waals surface area contributed by atoms with Crippen molar-refractivity contribution in [1.82, 2.24) is 0 Å². The number of hydrogen-bond acceptors (Lipinski definition) is 5. The Kier molecular flexibility index (Phi) is 5.30. The average Bonchev–Trinajstić information content (AvgIpc) is 2.70. The van der Waals surface area contributed by atoms with Crippen LogP contribution in [0.1, 0.15) is 20.7 Å². The van der Waals surface area contributed by atoms with E-state index < -0.39 is 19.5 Å². The molecule has 5 nitrogen and oxygen atoms in total. The van der Waals surface area contributed by atoms with Gasteiger partial charge < -0.3 is 9.05 Å². The van der Waals surface area contributed by atoms with E-state index in [1.54, 1.807) is 54.6 Å². The Hall–Kier alpha value is -3.17. The van der Waals surface area contributed by atoms with E-state index in [1.807, 2.05) is 0 Å². The average molecular weight is 366 g/mol. The molecule has 0 saturated carbocycles. The molecular formula is C20H15O5P. The molecule has 0 aliphatic rings. The quantitative estimate of drug-likeness (QED) is 0.633. The van der Waals surface area contributed by atoms with Crippen molar-refractivity contribution >= 4 is 24.8 Å². The fourth-order valence-electron chi connectivity index (χ4n) is 2.21. The molecule has 0 fully saturated rings. The lowest BCUT2D eigenvalue weighted by atomic mass is 10.2. The van der Waals surface area contributed by atoms with Crippen LogP contribution in [0.3, 0.4) is 0 Å². The van der Waals surface area contributed by atoms with Crippen molar-refractivity contribution in [3.8, 4) is 0 Å². The molecule has 3 aromatic carbocycles. The molecule has 0 amide bonds. The van der Waals surface area contributed by atoms with Gasteiger partial charge in [-0.1, -0.05) is 54.6 Å². The Labute approximate surface area is 150 Å². The summed E-state index contributed by atoms with van der Waals surface area (Å²) in [5.74, 6) is -1.67. The van der Waals surface area contributed by atoms with Gasteiger partial charge in [-0.2, -0.15) is 0 Å². The van der Waals surface area contributed by atoms with Crippen molar-refractivity contribution in [2.75, 3.05) is 0 Å². The van der Waals surface area contributed by atoms with Gasteiger partial charge in [0, 0.05) is 0 Å². The molecule has 0 saturated heterocycles. The van der Waals surface area contributed by atoms with Crippen LogP contribution in [-0.4, -0.2) is 11.9 Å². The van der Waals surface area contributed by atoms with Gasteiger partial charge in [0.1, 0.15) is 0 Å². The molecule has 0 N–H and O–H groups in total. The summed E-state index contributed by atoms with van der Waals surface area (Å²) < 4.78 is 23.6. The van der Waals surface area contributed by atoms with Gasteiger partial charge in [0.25, 0.3) is 0 Å². The third-order valence-corrected chi connectivity index (χ3v) is 5.24. The van der Waals surface area contributed by atoms with Crippen molar-refractivity contribution in [2.45, 2.75) is 0 Å². The molecule has 0 aromatic heterocycles. The Morgan fingerprint density at radius 1 is 0.577 bits per heavy atom. The second kappa shape index (κ2) is 7.81. The normalized spacial score (nSPS) is 10.8. The monoisotopic (exact) mass is 366 g/mol. The minimum atomic E-state index is -4.21. The third-order valence-electron chi connectivity index (χ3n) is 3.50. The summed E-state index contributed by atoms with van der Waals surface area (Å²) in [5, 5.41) is 0.119. The van der Waals surface area contributed by atoms with Gasteiger partial charge in [-0.05, 0) is 36.4 Å². The number of carbonyl (C=O) groups is 2. The highest BCUT2D eigenvalue weighted by molar-refractivity contribution is 7.63.